The van der Waals surface area contributed by atoms with E-state index in [-0.39, 0.29) is 39.8 Å². The average molecular weight is 592 g/mol. The van der Waals surface area contributed by atoms with Gasteiger partial charge in [0.05, 0.1) is 22.8 Å². The molecule has 0 saturated heterocycles. The molecule has 4 N–H and O–H groups in total. The monoisotopic (exact) mass is 591 g/mol. The van der Waals surface area contributed by atoms with Gasteiger partial charge in [-0.1, -0.05) is 11.6 Å². The molecule has 9 nitrogen and oxygen atoms in total. The number of aromatic nitrogens is 3. The number of hydrogen-bond acceptors (Lipinski definition) is 6. The summed E-state index contributed by atoms with van der Waals surface area (Å²) in [7, 11) is 1.68. The number of carbonyl (C=O) groups is 2. The fourth-order valence-electron chi connectivity index (χ4n) is 4.57. The van der Waals surface area contributed by atoms with E-state index in [9.17, 15) is 32.3 Å². The maximum atomic E-state index is 14.6. The normalized spacial score (nSPS) is 18.0. The highest BCUT2D eigenvalue weighted by Gasteiger charge is 2.57. The fraction of sp³-hybridized carbons (Fsp3) is 0.259. The molecule has 1 aliphatic rings. The molecule has 2 atom stereocenters. The third-order valence-corrected chi connectivity index (χ3v) is 7.38. The van der Waals surface area contributed by atoms with Crippen LogP contribution >= 0.6 is 11.6 Å². The van der Waals surface area contributed by atoms with Crippen LogP contribution in [0.15, 0.2) is 48.7 Å². The number of pyridine rings is 1. The van der Waals surface area contributed by atoms with Crippen LogP contribution in [0.2, 0.25) is 5.02 Å². The molecule has 0 radical (unpaired) electrons. The fourth-order valence-corrected chi connectivity index (χ4v) is 4.76. The van der Waals surface area contributed by atoms with Gasteiger partial charge in [0.25, 0.3) is 5.91 Å². The van der Waals surface area contributed by atoms with Gasteiger partial charge in [-0.15, -0.1) is 0 Å². The number of benzene rings is 2. The van der Waals surface area contributed by atoms with Crippen molar-refractivity contribution in [2.75, 3.05) is 13.2 Å². The van der Waals surface area contributed by atoms with Crippen molar-refractivity contribution in [1.82, 2.24) is 20.1 Å². The minimum Gasteiger partial charge on any atom is -0.489 e. The summed E-state index contributed by atoms with van der Waals surface area (Å²) >= 11 is 5.90. The first-order valence-corrected chi connectivity index (χ1v) is 12.5. The molecule has 0 bridgehead atoms. The zero-order valence-corrected chi connectivity index (χ0v) is 22.3. The van der Waals surface area contributed by atoms with Gasteiger partial charge in [0.1, 0.15) is 29.3 Å². The Labute approximate surface area is 234 Å². The number of fused-ring (bicyclic) bond motifs is 2. The number of amides is 2. The van der Waals surface area contributed by atoms with E-state index in [2.05, 4.69) is 15.4 Å². The van der Waals surface area contributed by atoms with Gasteiger partial charge in [-0.05, 0) is 49.4 Å². The number of halogens is 5. The van der Waals surface area contributed by atoms with Crippen LogP contribution in [0.3, 0.4) is 0 Å². The van der Waals surface area contributed by atoms with E-state index in [4.69, 9.17) is 22.1 Å². The van der Waals surface area contributed by atoms with E-state index in [1.54, 1.807) is 13.2 Å². The Morgan fingerprint density at radius 1 is 1.22 bits per heavy atom. The van der Waals surface area contributed by atoms with Gasteiger partial charge < -0.3 is 20.9 Å². The van der Waals surface area contributed by atoms with Crippen molar-refractivity contribution in [3.05, 3.63) is 76.3 Å². The average Bonchev–Trinajstić information content (AvgIpc) is 3.46. The summed E-state index contributed by atoms with van der Waals surface area (Å²) < 4.78 is 64.7. The lowest BCUT2D eigenvalue weighted by atomic mass is 9.81. The SMILES string of the molecule is Cn1cc2cc(C(=O)NC[C@](O)(c3cc4c(c(-c5ccc(F)c(Cl)c5)n3)OC[C@]4(C)C(N)=O)C(F)(F)F)ccc2n1. The Kier molecular flexibility index (Phi) is 6.70. The van der Waals surface area contributed by atoms with E-state index in [1.807, 2.05) is 0 Å². The highest BCUT2D eigenvalue weighted by molar-refractivity contribution is 6.31. The number of ether oxygens (including phenoxy) is 1. The predicted molar refractivity (Wildman–Crippen MR) is 140 cm³/mol. The van der Waals surface area contributed by atoms with Crippen LogP contribution in [0.1, 0.15) is 28.5 Å². The number of nitrogens with zero attached hydrogens (tertiary/aromatic N) is 3. The van der Waals surface area contributed by atoms with Crippen molar-refractivity contribution in [2.24, 2.45) is 12.8 Å². The van der Waals surface area contributed by atoms with Crippen molar-refractivity contribution < 1.29 is 37.0 Å². The van der Waals surface area contributed by atoms with Crippen molar-refractivity contribution in [2.45, 2.75) is 24.1 Å². The van der Waals surface area contributed by atoms with Crippen LogP contribution in [0.25, 0.3) is 22.2 Å². The zero-order chi connectivity index (χ0) is 29.9. The molecule has 3 heterocycles. The molecule has 1 aliphatic heterocycles. The molecule has 0 saturated carbocycles. The molecule has 2 aromatic carbocycles. The minimum absolute atomic E-state index is 0.0354. The molecule has 0 spiro atoms. The van der Waals surface area contributed by atoms with Gasteiger partial charge >= 0.3 is 6.18 Å². The largest absolute Gasteiger partial charge is 0.489 e. The smallest absolute Gasteiger partial charge is 0.424 e. The molecule has 2 aromatic heterocycles. The maximum Gasteiger partial charge on any atom is 0.424 e. The highest BCUT2D eigenvalue weighted by Crippen LogP contribution is 2.48. The Hall–Kier alpha value is -4.23. The van der Waals surface area contributed by atoms with E-state index in [0.29, 0.717) is 10.9 Å². The molecule has 2 amide bonds. The summed E-state index contributed by atoms with van der Waals surface area (Å²) in [6.45, 7) is -0.276. The number of hydrogen-bond donors (Lipinski definition) is 3. The third-order valence-electron chi connectivity index (χ3n) is 7.09. The lowest BCUT2D eigenvalue weighted by molar-refractivity contribution is -0.265. The first-order chi connectivity index (χ1) is 19.1. The molecule has 41 heavy (non-hydrogen) atoms. The molecule has 0 aliphatic carbocycles. The summed E-state index contributed by atoms with van der Waals surface area (Å²) in [4.78, 5) is 29.3. The van der Waals surface area contributed by atoms with Crippen molar-refractivity contribution in [3.63, 3.8) is 0 Å². The highest BCUT2D eigenvalue weighted by atomic mass is 35.5. The summed E-state index contributed by atoms with van der Waals surface area (Å²) in [5, 5.41) is 17.7. The number of aryl methyl sites for hydroxylation is 1. The number of alkyl halides is 3. The summed E-state index contributed by atoms with van der Waals surface area (Å²) in [5.74, 6) is -2.65. The molecule has 0 fully saturated rings. The second-order valence-corrected chi connectivity index (χ2v) is 10.4. The standard InChI is InChI=1S/C27H22ClF4N5O4/c1-25(24(33)39)12-41-22-16(25)9-20(35-21(22)13-3-5-18(29)17(28)8-13)26(40,27(30,31)32)11-34-23(38)14-4-6-19-15(7-14)10-37(2)36-19/h3-10,40H,11-12H2,1-2H3,(H2,33,39)(H,34,38)/t25-,26-/m0/s1. The van der Waals surface area contributed by atoms with E-state index in [0.717, 1.165) is 18.2 Å². The molecule has 4 aromatic rings. The molecule has 5 rings (SSSR count). The minimum atomic E-state index is -5.35. The Morgan fingerprint density at radius 2 is 1.95 bits per heavy atom. The predicted octanol–water partition coefficient (Wildman–Crippen LogP) is 3.74. The second-order valence-electron chi connectivity index (χ2n) is 9.96. The van der Waals surface area contributed by atoms with Gasteiger partial charge in [0.2, 0.25) is 11.5 Å². The first-order valence-electron chi connectivity index (χ1n) is 12.1. The second kappa shape index (κ2) is 9.70. The lowest BCUT2D eigenvalue weighted by Crippen LogP contribution is -2.51. The van der Waals surface area contributed by atoms with Gasteiger partial charge in [-0.25, -0.2) is 9.37 Å². The molecular formula is C27H22ClF4N5O4. The maximum absolute atomic E-state index is 14.6. The van der Waals surface area contributed by atoms with Gasteiger partial charge in [-0.2, -0.15) is 18.3 Å². The topological polar surface area (TPSA) is 132 Å². The zero-order valence-electron chi connectivity index (χ0n) is 21.5. The molecule has 14 heteroatoms. The van der Waals surface area contributed by atoms with Gasteiger partial charge in [-0.3, -0.25) is 14.3 Å². The number of nitrogens with one attached hydrogen (secondary N) is 1. The van der Waals surface area contributed by atoms with Crippen molar-refractivity contribution >= 4 is 34.3 Å². The molecular weight excluding hydrogens is 570 g/mol. The van der Waals surface area contributed by atoms with Crippen LogP contribution in [0.5, 0.6) is 5.75 Å². The first kappa shape index (κ1) is 28.3. The number of primary amides is 1. The number of rotatable bonds is 6. The quantitative estimate of drug-likeness (QED) is 0.293. The van der Waals surface area contributed by atoms with Crippen LogP contribution < -0.4 is 15.8 Å². The van der Waals surface area contributed by atoms with Crippen molar-refractivity contribution in [3.8, 4) is 17.0 Å². The van der Waals surface area contributed by atoms with Crippen LogP contribution in [0.4, 0.5) is 17.6 Å². The molecule has 214 valence electrons. The number of nitrogens with two attached hydrogens (primary N) is 1. The Balaban J connectivity index is 1.60. The molecule has 0 unspecified atom stereocenters. The van der Waals surface area contributed by atoms with Crippen LogP contribution in [-0.4, -0.2) is 51.0 Å². The van der Waals surface area contributed by atoms with E-state index in [1.165, 1.54) is 35.9 Å². The van der Waals surface area contributed by atoms with Gasteiger partial charge in [0, 0.05) is 35.3 Å². The van der Waals surface area contributed by atoms with E-state index < -0.39 is 47.1 Å². The summed E-state index contributed by atoms with van der Waals surface area (Å²) in [6.07, 6.45) is -3.72. The number of aliphatic hydroxyl groups is 1. The Morgan fingerprint density at radius 3 is 2.61 bits per heavy atom. The van der Waals surface area contributed by atoms with Gasteiger partial charge in [0.15, 0.2) is 0 Å². The van der Waals surface area contributed by atoms with Crippen LogP contribution in [0, 0.1) is 5.82 Å². The summed E-state index contributed by atoms with van der Waals surface area (Å²) in [5.41, 5.74) is -0.319. The summed E-state index contributed by atoms with van der Waals surface area (Å²) in [6, 6.07) is 8.56. The van der Waals surface area contributed by atoms with E-state index >= 15 is 0 Å². The number of carbonyl (C=O) groups excluding carboxylic acids is 2. The van der Waals surface area contributed by atoms with Crippen molar-refractivity contribution in [1.29, 1.82) is 0 Å². The lowest BCUT2D eigenvalue weighted by Gasteiger charge is -2.31. The Bertz CT molecular complexity index is 1730. The van der Waals surface area contributed by atoms with Crippen LogP contribution in [-0.2, 0) is 22.9 Å². The third kappa shape index (κ3) is 4.74.